The van der Waals surface area contributed by atoms with Crippen LogP contribution in [-0.4, -0.2) is 11.1 Å². The quantitative estimate of drug-likeness (QED) is 0.808. The van der Waals surface area contributed by atoms with Crippen molar-refractivity contribution >= 4 is 5.91 Å². The van der Waals surface area contributed by atoms with Crippen LogP contribution in [0, 0.1) is 5.41 Å². The predicted octanol–water partition coefficient (Wildman–Crippen LogP) is 2.07. The van der Waals surface area contributed by atoms with Gasteiger partial charge in [-0.25, -0.2) is 0 Å². The van der Waals surface area contributed by atoms with Gasteiger partial charge in [-0.05, 0) is 30.6 Å². The number of nitrogens with two attached hydrogens (primary N) is 1. The van der Waals surface area contributed by atoms with Gasteiger partial charge in [-0.1, -0.05) is 19.0 Å². The van der Waals surface area contributed by atoms with Crippen LogP contribution in [0.15, 0.2) is 10.8 Å². The second kappa shape index (κ2) is 3.36. The van der Waals surface area contributed by atoms with Crippen molar-refractivity contribution in [2.75, 3.05) is 0 Å². The van der Waals surface area contributed by atoms with Crippen LogP contribution in [0.1, 0.15) is 55.1 Å². The van der Waals surface area contributed by atoms with E-state index in [2.05, 4.69) is 19.0 Å². The number of nitrogens with zero attached hydrogens (tertiary/aromatic N) is 1. The number of primary amides is 1. The molecule has 1 saturated carbocycles. The summed E-state index contributed by atoms with van der Waals surface area (Å²) in [6.45, 7) is 4.48. The lowest BCUT2D eigenvalue weighted by Crippen LogP contribution is -2.15. The Balaban J connectivity index is 2.24. The van der Waals surface area contributed by atoms with Crippen molar-refractivity contribution in [3.05, 3.63) is 17.5 Å². The number of carbonyl (C=O) groups excluding carboxylic acids is 1. The largest absolute Gasteiger partial charge is 0.364 e. The lowest BCUT2D eigenvalue weighted by atomic mass is 9.88. The van der Waals surface area contributed by atoms with E-state index in [1.807, 2.05) is 0 Å². The Labute approximate surface area is 88.8 Å². The average Bonchev–Trinajstić information content (AvgIpc) is 2.69. The van der Waals surface area contributed by atoms with Gasteiger partial charge in [0, 0.05) is 5.56 Å². The molecule has 1 fully saturated rings. The zero-order chi connectivity index (χ0) is 11.1. The Bertz CT molecular complexity index is 382. The number of amides is 1. The highest BCUT2D eigenvalue weighted by molar-refractivity contribution is 5.92. The molecule has 1 heterocycles. The first-order valence-corrected chi connectivity index (χ1v) is 5.24. The maximum absolute atomic E-state index is 11.1. The molecule has 1 unspecified atom stereocenters. The normalized spacial score (nSPS) is 24.3. The highest BCUT2D eigenvalue weighted by Gasteiger charge is 2.34. The molecule has 0 spiro atoms. The van der Waals surface area contributed by atoms with Crippen LogP contribution >= 0.6 is 0 Å². The Kier molecular flexibility index (Phi) is 2.29. The first-order valence-electron chi connectivity index (χ1n) is 5.24. The number of carbonyl (C=O) groups is 1. The summed E-state index contributed by atoms with van der Waals surface area (Å²) < 4.78 is 4.84. The molecule has 1 aromatic rings. The van der Waals surface area contributed by atoms with Gasteiger partial charge >= 0.3 is 0 Å². The standard InChI is InChI=1S/C11H16N2O2/c1-11(2)4-3-7(5-11)8-6-15-13-9(8)10(12)14/h6-7H,3-5H2,1-2H3,(H2,12,14). The van der Waals surface area contributed by atoms with Crippen LogP contribution in [-0.2, 0) is 0 Å². The van der Waals surface area contributed by atoms with Crippen molar-refractivity contribution in [1.29, 1.82) is 0 Å². The topological polar surface area (TPSA) is 69.1 Å². The Morgan fingerprint density at radius 2 is 2.40 bits per heavy atom. The zero-order valence-electron chi connectivity index (χ0n) is 9.12. The summed E-state index contributed by atoms with van der Waals surface area (Å²) in [6, 6.07) is 0. The van der Waals surface area contributed by atoms with Crippen molar-refractivity contribution in [1.82, 2.24) is 5.16 Å². The fraction of sp³-hybridized carbons (Fsp3) is 0.636. The molecule has 0 radical (unpaired) electrons. The Morgan fingerprint density at radius 1 is 1.67 bits per heavy atom. The monoisotopic (exact) mass is 208 g/mol. The van der Waals surface area contributed by atoms with Crippen molar-refractivity contribution in [2.45, 2.75) is 39.0 Å². The molecule has 0 aromatic carbocycles. The SMILES string of the molecule is CC1(C)CCC(c2conc2C(N)=O)C1. The minimum Gasteiger partial charge on any atom is -0.364 e. The molecule has 0 saturated heterocycles. The molecule has 15 heavy (non-hydrogen) atoms. The predicted molar refractivity (Wildman–Crippen MR) is 55.4 cm³/mol. The maximum Gasteiger partial charge on any atom is 0.271 e. The van der Waals surface area contributed by atoms with Gasteiger partial charge in [0.05, 0.1) is 0 Å². The Hall–Kier alpha value is -1.32. The third kappa shape index (κ3) is 1.89. The second-order valence-electron chi connectivity index (χ2n) is 5.09. The van der Waals surface area contributed by atoms with E-state index in [-0.39, 0.29) is 0 Å². The minimum atomic E-state index is -0.497. The van der Waals surface area contributed by atoms with E-state index >= 15 is 0 Å². The molecule has 1 amide bonds. The van der Waals surface area contributed by atoms with E-state index in [1.54, 1.807) is 6.26 Å². The van der Waals surface area contributed by atoms with Gasteiger partial charge in [-0.15, -0.1) is 0 Å². The lowest BCUT2D eigenvalue weighted by Gasteiger charge is -2.16. The number of hydrogen-bond acceptors (Lipinski definition) is 3. The number of hydrogen-bond donors (Lipinski definition) is 1. The van der Waals surface area contributed by atoms with Gasteiger partial charge < -0.3 is 10.3 Å². The molecule has 1 aliphatic rings. The van der Waals surface area contributed by atoms with E-state index in [0.717, 1.165) is 18.4 Å². The van der Waals surface area contributed by atoms with Crippen LogP contribution in [0.4, 0.5) is 0 Å². The molecule has 82 valence electrons. The van der Waals surface area contributed by atoms with E-state index in [4.69, 9.17) is 10.3 Å². The van der Waals surface area contributed by atoms with Gasteiger partial charge in [0.15, 0.2) is 5.69 Å². The van der Waals surface area contributed by atoms with Crippen LogP contribution in [0.25, 0.3) is 0 Å². The van der Waals surface area contributed by atoms with E-state index in [9.17, 15) is 4.79 Å². The number of aromatic nitrogens is 1. The van der Waals surface area contributed by atoms with Crippen molar-refractivity contribution in [3.8, 4) is 0 Å². The molecule has 1 aromatic heterocycles. The maximum atomic E-state index is 11.1. The minimum absolute atomic E-state index is 0.303. The molecule has 0 bridgehead atoms. The fourth-order valence-electron chi connectivity index (χ4n) is 2.42. The summed E-state index contributed by atoms with van der Waals surface area (Å²) in [5, 5.41) is 3.66. The van der Waals surface area contributed by atoms with Crippen LogP contribution in [0.5, 0.6) is 0 Å². The molecule has 2 rings (SSSR count). The molecule has 1 atom stereocenters. The molecular weight excluding hydrogens is 192 g/mol. The van der Waals surface area contributed by atoms with Gasteiger partial charge in [-0.3, -0.25) is 4.79 Å². The molecule has 2 N–H and O–H groups in total. The first kappa shape index (κ1) is 10.2. The summed E-state index contributed by atoms with van der Waals surface area (Å²) in [6.07, 6.45) is 4.87. The van der Waals surface area contributed by atoms with Gasteiger partial charge in [0.2, 0.25) is 0 Å². The lowest BCUT2D eigenvalue weighted by molar-refractivity contribution is 0.0990. The fourth-order valence-corrected chi connectivity index (χ4v) is 2.42. The van der Waals surface area contributed by atoms with Crippen molar-refractivity contribution < 1.29 is 9.32 Å². The molecule has 1 aliphatic carbocycles. The summed E-state index contributed by atoms with van der Waals surface area (Å²) in [4.78, 5) is 11.1. The number of rotatable bonds is 2. The van der Waals surface area contributed by atoms with E-state index in [0.29, 0.717) is 17.0 Å². The smallest absolute Gasteiger partial charge is 0.271 e. The van der Waals surface area contributed by atoms with Crippen LogP contribution in [0.3, 0.4) is 0 Å². The molecule has 4 nitrogen and oxygen atoms in total. The third-order valence-electron chi connectivity index (χ3n) is 3.24. The van der Waals surface area contributed by atoms with Crippen LogP contribution in [0.2, 0.25) is 0 Å². The molecule has 0 aliphatic heterocycles. The molecular formula is C11H16N2O2. The zero-order valence-corrected chi connectivity index (χ0v) is 9.12. The van der Waals surface area contributed by atoms with Gasteiger partial charge in [0.1, 0.15) is 6.26 Å². The third-order valence-corrected chi connectivity index (χ3v) is 3.24. The molecule has 4 heteroatoms. The van der Waals surface area contributed by atoms with Gasteiger partial charge in [-0.2, -0.15) is 0 Å². The summed E-state index contributed by atoms with van der Waals surface area (Å²) in [7, 11) is 0. The Morgan fingerprint density at radius 3 is 2.93 bits per heavy atom. The van der Waals surface area contributed by atoms with E-state index in [1.165, 1.54) is 6.42 Å². The van der Waals surface area contributed by atoms with Crippen LogP contribution < -0.4 is 5.73 Å². The second-order valence-corrected chi connectivity index (χ2v) is 5.09. The highest BCUT2D eigenvalue weighted by atomic mass is 16.5. The van der Waals surface area contributed by atoms with E-state index < -0.39 is 5.91 Å². The van der Waals surface area contributed by atoms with Crippen molar-refractivity contribution in [2.24, 2.45) is 11.1 Å². The summed E-state index contributed by atoms with van der Waals surface area (Å²) in [5.74, 6) is -0.128. The van der Waals surface area contributed by atoms with Gasteiger partial charge in [0.25, 0.3) is 5.91 Å². The summed E-state index contributed by atoms with van der Waals surface area (Å²) in [5.41, 5.74) is 6.76. The highest BCUT2D eigenvalue weighted by Crippen LogP contribution is 2.46. The first-order chi connectivity index (χ1) is 6.99. The summed E-state index contributed by atoms with van der Waals surface area (Å²) >= 11 is 0. The average molecular weight is 208 g/mol. The van der Waals surface area contributed by atoms with Crippen molar-refractivity contribution in [3.63, 3.8) is 0 Å².